The molecule has 2 aromatic carbocycles. The Labute approximate surface area is 130 Å². The van der Waals surface area contributed by atoms with E-state index >= 15 is 0 Å². The fourth-order valence-corrected chi connectivity index (χ4v) is 2.87. The standard InChI is InChI=1S/C17H12FNO2S/c18-12-3-5-13(6-4-12)19-17(21)16-10-9-15(22-16)11-1-7-14(20)8-2-11/h1-10,20H,(H,19,21). The number of amides is 1. The van der Waals surface area contributed by atoms with Crippen LogP contribution in [0.15, 0.2) is 60.7 Å². The Hall–Kier alpha value is -2.66. The average Bonchev–Trinajstić information content (AvgIpc) is 3.00. The molecule has 5 heteroatoms. The molecule has 0 fully saturated rings. The van der Waals surface area contributed by atoms with E-state index in [0.29, 0.717) is 10.6 Å². The van der Waals surface area contributed by atoms with Crippen LogP contribution in [0.1, 0.15) is 9.67 Å². The van der Waals surface area contributed by atoms with Crippen LogP contribution in [0.25, 0.3) is 10.4 Å². The van der Waals surface area contributed by atoms with Crippen molar-refractivity contribution >= 4 is 22.9 Å². The van der Waals surface area contributed by atoms with Gasteiger partial charge >= 0.3 is 0 Å². The summed E-state index contributed by atoms with van der Waals surface area (Å²) in [6.07, 6.45) is 0. The normalized spacial score (nSPS) is 10.4. The minimum atomic E-state index is -0.344. The third-order valence-corrected chi connectivity index (χ3v) is 4.22. The molecule has 3 rings (SSSR count). The number of phenolic OH excluding ortho intramolecular Hbond substituents is 1. The maximum Gasteiger partial charge on any atom is 0.265 e. The first-order valence-electron chi connectivity index (χ1n) is 6.58. The number of nitrogens with one attached hydrogen (secondary N) is 1. The SMILES string of the molecule is O=C(Nc1ccc(F)cc1)c1ccc(-c2ccc(O)cc2)s1. The van der Waals surface area contributed by atoms with Crippen molar-refractivity contribution < 1.29 is 14.3 Å². The molecule has 3 aromatic rings. The highest BCUT2D eigenvalue weighted by atomic mass is 32.1. The van der Waals surface area contributed by atoms with Crippen LogP contribution >= 0.6 is 11.3 Å². The van der Waals surface area contributed by atoms with Gasteiger partial charge in [-0.1, -0.05) is 0 Å². The minimum Gasteiger partial charge on any atom is -0.508 e. The van der Waals surface area contributed by atoms with Crippen molar-refractivity contribution in [2.45, 2.75) is 0 Å². The van der Waals surface area contributed by atoms with Crippen molar-refractivity contribution in [2.75, 3.05) is 5.32 Å². The van der Waals surface area contributed by atoms with Crippen molar-refractivity contribution in [1.29, 1.82) is 0 Å². The molecule has 0 spiro atoms. The lowest BCUT2D eigenvalue weighted by atomic mass is 10.2. The lowest BCUT2D eigenvalue weighted by molar-refractivity contribution is 0.103. The van der Waals surface area contributed by atoms with Gasteiger partial charge in [-0.05, 0) is 66.2 Å². The molecule has 110 valence electrons. The van der Waals surface area contributed by atoms with Crippen LogP contribution in [0.2, 0.25) is 0 Å². The van der Waals surface area contributed by atoms with Gasteiger partial charge in [-0.2, -0.15) is 0 Å². The monoisotopic (exact) mass is 313 g/mol. The van der Waals surface area contributed by atoms with Gasteiger partial charge in [-0.15, -0.1) is 11.3 Å². The third-order valence-electron chi connectivity index (χ3n) is 3.08. The smallest absolute Gasteiger partial charge is 0.265 e. The molecular weight excluding hydrogens is 301 g/mol. The highest BCUT2D eigenvalue weighted by molar-refractivity contribution is 7.17. The molecular formula is C17H12FNO2S. The largest absolute Gasteiger partial charge is 0.508 e. The second-order valence-electron chi connectivity index (χ2n) is 4.67. The van der Waals surface area contributed by atoms with Gasteiger partial charge < -0.3 is 10.4 Å². The fraction of sp³-hybridized carbons (Fsp3) is 0. The van der Waals surface area contributed by atoms with E-state index in [4.69, 9.17) is 0 Å². The highest BCUT2D eigenvalue weighted by Gasteiger charge is 2.10. The predicted molar refractivity (Wildman–Crippen MR) is 85.8 cm³/mol. The van der Waals surface area contributed by atoms with Gasteiger partial charge in [-0.25, -0.2) is 4.39 Å². The highest BCUT2D eigenvalue weighted by Crippen LogP contribution is 2.29. The number of hydrogen-bond donors (Lipinski definition) is 2. The van der Waals surface area contributed by atoms with Gasteiger partial charge in [0.05, 0.1) is 4.88 Å². The summed E-state index contributed by atoms with van der Waals surface area (Å²) in [5.41, 5.74) is 1.48. The van der Waals surface area contributed by atoms with E-state index in [1.807, 2.05) is 6.07 Å². The first kappa shape index (κ1) is 14.3. The molecule has 1 heterocycles. The quantitative estimate of drug-likeness (QED) is 0.747. The average molecular weight is 313 g/mol. The maximum atomic E-state index is 12.8. The Morgan fingerprint density at radius 2 is 1.64 bits per heavy atom. The Bertz CT molecular complexity index is 794. The number of carbonyl (C=O) groups is 1. The molecule has 1 amide bonds. The molecule has 2 N–H and O–H groups in total. The summed E-state index contributed by atoms with van der Waals surface area (Å²) >= 11 is 1.35. The van der Waals surface area contributed by atoms with Crippen molar-refractivity contribution in [2.24, 2.45) is 0 Å². The summed E-state index contributed by atoms with van der Waals surface area (Å²) in [5, 5.41) is 12.0. The van der Waals surface area contributed by atoms with Crippen LogP contribution in [-0.4, -0.2) is 11.0 Å². The van der Waals surface area contributed by atoms with E-state index < -0.39 is 0 Å². The maximum absolute atomic E-state index is 12.8. The van der Waals surface area contributed by atoms with Gasteiger partial charge in [-0.3, -0.25) is 4.79 Å². The van der Waals surface area contributed by atoms with Crippen LogP contribution in [0.4, 0.5) is 10.1 Å². The lowest BCUT2D eigenvalue weighted by Crippen LogP contribution is -2.09. The molecule has 0 saturated carbocycles. The Morgan fingerprint density at radius 3 is 2.32 bits per heavy atom. The van der Waals surface area contributed by atoms with E-state index in [9.17, 15) is 14.3 Å². The number of phenols is 1. The Balaban J connectivity index is 1.76. The molecule has 0 aliphatic carbocycles. The third kappa shape index (κ3) is 3.15. The molecule has 0 saturated heterocycles. The summed E-state index contributed by atoms with van der Waals surface area (Å²) in [5.74, 6) is -0.375. The number of rotatable bonds is 3. The molecule has 0 radical (unpaired) electrons. The zero-order valence-corrected chi connectivity index (χ0v) is 12.2. The molecule has 0 aliphatic heterocycles. The molecule has 1 aromatic heterocycles. The van der Waals surface area contributed by atoms with Crippen LogP contribution in [0, 0.1) is 5.82 Å². The van der Waals surface area contributed by atoms with Gasteiger partial charge in [0, 0.05) is 10.6 Å². The van der Waals surface area contributed by atoms with E-state index in [1.54, 1.807) is 30.3 Å². The lowest BCUT2D eigenvalue weighted by Gasteiger charge is -2.03. The summed E-state index contributed by atoms with van der Waals surface area (Å²) in [7, 11) is 0. The van der Waals surface area contributed by atoms with Crippen LogP contribution in [-0.2, 0) is 0 Å². The van der Waals surface area contributed by atoms with E-state index in [0.717, 1.165) is 10.4 Å². The molecule has 0 bridgehead atoms. The second kappa shape index (κ2) is 5.99. The fourth-order valence-electron chi connectivity index (χ4n) is 1.97. The summed E-state index contributed by atoms with van der Waals surface area (Å²) in [6.45, 7) is 0. The van der Waals surface area contributed by atoms with Crippen molar-refractivity contribution in [3.8, 4) is 16.2 Å². The van der Waals surface area contributed by atoms with Gasteiger partial charge in [0.15, 0.2) is 0 Å². The van der Waals surface area contributed by atoms with Gasteiger partial charge in [0.1, 0.15) is 11.6 Å². The minimum absolute atomic E-state index is 0.203. The Morgan fingerprint density at radius 1 is 0.955 bits per heavy atom. The number of hydrogen-bond acceptors (Lipinski definition) is 3. The zero-order chi connectivity index (χ0) is 15.5. The van der Waals surface area contributed by atoms with E-state index in [2.05, 4.69) is 5.32 Å². The van der Waals surface area contributed by atoms with Crippen molar-refractivity contribution in [3.05, 3.63) is 71.4 Å². The number of aromatic hydroxyl groups is 1. The first-order chi connectivity index (χ1) is 10.6. The summed E-state index contributed by atoms with van der Waals surface area (Å²) in [6, 6.07) is 16.0. The zero-order valence-electron chi connectivity index (χ0n) is 11.4. The van der Waals surface area contributed by atoms with Crippen molar-refractivity contribution in [3.63, 3.8) is 0 Å². The molecule has 22 heavy (non-hydrogen) atoms. The summed E-state index contributed by atoms with van der Waals surface area (Å²) < 4.78 is 12.8. The number of thiophene rings is 1. The molecule has 0 atom stereocenters. The number of benzene rings is 2. The molecule has 0 unspecified atom stereocenters. The summed E-state index contributed by atoms with van der Waals surface area (Å²) in [4.78, 5) is 13.7. The number of carbonyl (C=O) groups excluding carboxylic acids is 1. The first-order valence-corrected chi connectivity index (χ1v) is 7.39. The van der Waals surface area contributed by atoms with Gasteiger partial charge in [0.2, 0.25) is 0 Å². The van der Waals surface area contributed by atoms with Crippen molar-refractivity contribution in [1.82, 2.24) is 0 Å². The predicted octanol–water partition coefficient (Wildman–Crippen LogP) is 4.51. The van der Waals surface area contributed by atoms with E-state index in [-0.39, 0.29) is 17.5 Å². The number of anilines is 1. The van der Waals surface area contributed by atoms with Crippen LogP contribution in [0.3, 0.4) is 0 Å². The molecule has 0 aliphatic rings. The van der Waals surface area contributed by atoms with Gasteiger partial charge in [0.25, 0.3) is 5.91 Å². The van der Waals surface area contributed by atoms with Crippen LogP contribution < -0.4 is 5.32 Å². The Kier molecular flexibility index (Phi) is 3.89. The second-order valence-corrected chi connectivity index (χ2v) is 5.76. The topological polar surface area (TPSA) is 49.3 Å². The number of halogens is 1. The van der Waals surface area contributed by atoms with E-state index in [1.165, 1.54) is 35.6 Å². The van der Waals surface area contributed by atoms with Crippen LogP contribution in [0.5, 0.6) is 5.75 Å². The molecule has 3 nitrogen and oxygen atoms in total.